The monoisotopic (exact) mass is 897 g/mol. The third-order valence-corrected chi connectivity index (χ3v) is 11.5. The fourth-order valence-electron chi connectivity index (χ4n) is 8.25. The molecular weight excluding hydrogens is 845 g/mol. The Bertz CT molecular complexity index is 2450. The predicted octanol–water partition coefficient (Wildman–Crippen LogP) is 13.2. The number of rotatable bonds is 2. The van der Waals surface area contributed by atoms with Crippen LogP contribution in [0.15, 0.2) is 103 Å². The van der Waals surface area contributed by atoms with Crippen molar-refractivity contribution in [2.45, 2.75) is 104 Å². The summed E-state index contributed by atoms with van der Waals surface area (Å²) in [5, 5.41) is 5.09. The fraction of sp³-hybridized carbons (Fsp3) is 0.308. The van der Waals surface area contributed by atoms with E-state index in [1.54, 1.807) is 0 Å². The molecule has 0 saturated heterocycles. The molecule has 0 spiro atoms. The van der Waals surface area contributed by atoms with Crippen molar-refractivity contribution in [3.63, 3.8) is 0 Å². The number of nitrogens with zero attached hydrogens (tertiary/aromatic N) is 2. The second-order valence-corrected chi connectivity index (χ2v) is 18.4. The van der Waals surface area contributed by atoms with Crippen LogP contribution in [0.4, 0.5) is 0 Å². The predicted molar refractivity (Wildman–Crippen MR) is 228 cm³/mol. The Morgan fingerprint density at radius 2 is 1.15 bits per heavy atom. The number of pyridine rings is 2. The zero-order valence-electron chi connectivity index (χ0n) is 33.9. The van der Waals surface area contributed by atoms with E-state index in [1.165, 1.54) is 71.6 Å². The van der Waals surface area contributed by atoms with E-state index in [0.29, 0.717) is 0 Å². The van der Waals surface area contributed by atoms with Gasteiger partial charge in [0.25, 0.3) is 0 Å². The average Bonchev–Trinajstić information content (AvgIpc) is 3.15. The van der Waals surface area contributed by atoms with Crippen LogP contribution in [0, 0.1) is 12.1 Å². The van der Waals surface area contributed by atoms with E-state index in [0.717, 1.165) is 48.2 Å². The first-order valence-corrected chi connectivity index (χ1v) is 19.7. The minimum atomic E-state index is 0. The van der Waals surface area contributed by atoms with E-state index in [4.69, 9.17) is 4.98 Å². The van der Waals surface area contributed by atoms with Crippen LogP contribution < -0.4 is 0 Å². The van der Waals surface area contributed by atoms with E-state index < -0.39 is 0 Å². The third kappa shape index (κ3) is 7.59. The van der Waals surface area contributed by atoms with Crippen molar-refractivity contribution in [3.8, 4) is 33.6 Å². The summed E-state index contributed by atoms with van der Waals surface area (Å²) in [7, 11) is 0. The first-order valence-electron chi connectivity index (χ1n) is 19.7. The molecule has 0 unspecified atom stereocenters. The van der Waals surface area contributed by atoms with Crippen molar-refractivity contribution in [1.82, 2.24) is 9.97 Å². The summed E-state index contributed by atoms with van der Waals surface area (Å²) in [4.78, 5) is 9.41. The normalized spacial score (nSPS) is 13.5. The Morgan fingerprint density at radius 3 is 1.87 bits per heavy atom. The van der Waals surface area contributed by atoms with Crippen LogP contribution in [-0.4, -0.2) is 9.97 Å². The largest absolute Gasteiger partial charge is 0.305 e. The SMILES string of the molecule is CC(C)(C)c1cc[c-]c(-c2cc(C(C)(C)C)ccn2)c1.CC(C)(C)c1ccc2c(ccc3c(-c4[c-]c5c6c(c4)CCc4cccc(c4-6)CC5)nccc32)c1.[Ir]. The van der Waals surface area contributed by atoms with Gasteiger partial charge in [-0.3, -0.25) is 0 Å². The number of hydrogen-bond acceptors (Lipinski definition) is 2. The van der Waals surface area contributed by atoms with Gasteiger partial charge in [-0.05, 0) is 109 Å². The Hall–Kier alpha value is -4.43. The Labute approximate surface area is 342 Å². The van der Waals surface area contributed by atoms with Crippen molar-refractivity contribution in [3.05, 3.63) is 154 Å². The maximum absolute atomic E-state index is 4.89. The van der Waals surface area contributed by atoms with E-state index in [2.05, 4.69) is 164 Å². The number of hydrogen-bond donors (Lipinski definition) is 0. The van der Waals surface area contributed by atoms with Crippen LogP contribution in [0.5, 0.6) is 0 Å². The van der Waals surface area contributed by atoms with Gasteiger partial charge < -0.3 is 9.97 Å². The molecule has 7 aromatic rings. The maximum Gasteiger partial charge on any atom is 0.0167 e. The van der Waals surface area contributed by atoms with Crippen molar-refractivity contribution in [2.24, 2.45) is 0 Å². The molecular formula is C52H52IrN2-2. The zero-order valence-corrected chi connectivity index (χ0v) is 36.3. The van der Waals surface area contributed by atoms with Crippen molar-refractivity contribution >= 4 is 21.5 Å². The molecule has 2 nitrogen and oxygen atoms in total. The van der Waals surface area contributed by atoms with E-state index in [9.17, 15) is 0 Å². The van der Waals surface area contributed by atoms with E-state index in [1.807, 2.05) is 18.5 Å². The van der Waals surface area contributed by atoms with Crippen molar-refractivity contribution in [1.29, 1.82) is 0 Å². The summed E-state index contributed by atoms with van der Waals surface area (Å²) in [6, 6.07) is 40.6. The summed E-state index contributed by atoms with van der Waals surface area (Å²) in [6.45, 7) is 20.2. The van der Waals surface area contributed by atoms with Gasteiger partial charge in [0.05, 0.1) is 0 Å². The van der Waals surface area contributed by atoms with Gasteiger partial charge >= 0.3 is 0 Å². The Morgan fingerprint density at radius 1 is 0.509 bits per heavy atom. The minimum absolute atomic E-state index is 0. The van der Waals surface area contributed by atoms with Crippen LogP contribution in [0.3, 0.4) is 0 Å². The smallest absolute Gasteiger partial charge is 0.0167 e. The van der Waals surface area contributed by atoms with Gasteiger partial charge in [0.15, 0.2) is 0 Å². The van der Waals surface area contributed by atoms with E-state index in [-0.39, 0.29) is 36.4 Å². The van der Waals surface area contributed by atoms with Gasteiger partial charge in [0.2, 0.25) is 0 Å². The Kier molecular flexibility index (Phi) is 10.3. The molecule has 0 fully saturated rings. The minimum Gasteiger partial charge on any atom is -0.305 e. The molecule has 281 valence electrons. The standard InChI is InChI=1S/C33H28N.C19H24N.Ir/c1-33(2,3)26-12-14-27-22(19-26)11-13-29-28(27)15-16-34-32(29)25-17-23-9-7-20-5-4-6-21-8-10-24(18-25)31(23)30(20)21;1-18(2,3)15-9-7-8-14(12-15)17-13-16(10-11-20-17)19(4,5)6;/h4-6,11-17,19H,7-10H2,1-3H3;7,9-13H,1-6H3;/q2*-1;. The summed E-state index contributed by atoms with van der Waals surface area (Å²) < 4.78 is 0. The van der Waals surface area contributed by atoms with Crippen LogP contribution in [0.25, 0.3) is 55.2 Å². The summed E-state index contributed by atoms with van der Waals surface area (Å²) in [6.07, 6.45) is 8.27. The molecule has 0 saturated carbocycles. The van der Waals surface area contributed by atoms with Crippen LogP contribution in [0.1, 0.15) is 101 Å². The molecule has 2 aliphatic rings. The van der Waals surface area contributed by atoms with E-state index >= 15 is 0 Å². The summed E-state index contributed by atoms with van der Waals surface area (Å²) >= 11 is 0. The van der Waals surface area contributed by atoms with Gasteiger partial charge in [-0.1, -0.05) is 128 Å². The molecule has 0 aliphatic heterocycles. The third-order valence-electron chi connectivity index (χ3n) is 11.5. The van der Waals surface area contributed by atoms with Crippen LogP contribution in [-0.2, 0) is 62.0 Å². The first-order chi connectivity index (χ1) is 25.6. The summed E-state index contributed by atoms with van der Waals surface area (Å²) in [5.74, 6) is 0. The summed E-state index contributed by atoms with van der Waals surface area (Å²) in [5.41, 5.74) is 17.5. The molecule has 2 aromatic heterocycles. The number of fused-ring (bicyclic) bond motifs is 3. The average molecular weight is 897 g/mol. The molecule has 0 atom stereocenters. The molecule has 2 heterocycles. The molecule has 3 heteroatoms. The second-order valence-electron chi connectivity index (χ2n) is 18.4. The number of benzene rings is 5. The van der Waals surface area contributed by atoms with Gasteiger partial charge in [0.1, 0.15) is 0 Å². The molecule has 0 amide bonds. The molecule has 0 N–H and O–H groups in total. The van der Waals surface area contributed by atoms with Crippen LogP contribution in [0.2, 0.25) is 0 Å². The van der Waals surface area contributed by atoms with Gasteiger partial charge in [-0.2, -0.15) is 0 Å². The maximum atomic E-state index is 4.89. The Balaban J connectivity index is 0.000000191. The number of aromatic nitrogens is 2. The zero-order chi connectivity index (χ0) is 38.0. The number of aryl methyl sites for hydroxylation is 4. The van der Waals surface area contributed by atoms with Gasteiger partial charge in [0, 0.05) is 32.5 Å². The van der Waals surface area contributed by atoms with Crippen molar-refractivity contribution < 1.29 is 20.1 Å². The molecule has 55 heavy (non-hydrogen) atoms. The molecule has 2 aliphatic carbocycles. The van der Waals surface area contributed by atoms with Gasteiger partial charge in [-0.15, -0.1) is 64.2 Å². The van der Waals surface area contributed by atoms with Gasteiger partial charge in [-0.25, -0.2) is 0 Å². The second kappa shape index (κ2) is 14.6. The topological polar surface area (TPSA) is 25.8 Å². The molecule has 0 bridgehead atoms. The quantitative estimate of drug-likeness (QED) is 0.128. The molecule has 9 rings (SSSR count). The fourth-order valence-corrected chi connectivity index (χ4v) is 8.25. The van der Waals surface area contributed by atoms with Crippen LogP contribution >= 0.6 is 0 Å². The first kappa shape index (κ1) is 38.8. The molecule has 1 radical (unpaired) electrons. The van der Waals surface area contributed by atoms with Crippen molar-refractivity contribution in [2.75, 3.05) is 0 Å². The molecule has 5 aromatic carbocycles.